The van der Waals surface area contributed by atoms with Gasteiger partial charge in [-0.25, -0.2) is 19.2 Å². The molecule has 1 aromatic carbocycles. The third-order valence-corrected chi connectivity index (χ3v) is 9.66. The predicted octanol–water partition coefficient (Wildman–Crippen LogP) is 9.11. The summed E-state index contributed by atoms with van der Waals surface area (Å²) in [5.74, 6) is 1.56. The summed E-state index contributed by atoms with van der Waals surface area (Å²) in [6.07, 6.45) is 6.08. The molecule has 0 spiro atoms. The second kappa shape index (κ2) is 15.8. The molecule has 1 fully saturated rings. The number of nitrogens with one attached hydrogen (secondary N) is 1. The summed E-state index contributed by atoms with van der Waals surface area (Å²) in [6.45, 7) is 20.7. The van der Waals surface area contributed by atoms with Gasteiger partial charge in [-0.2, -0.15) is 5.26 Å². The number of nitriles is 1. The third-order valence-electron chi connectivity index (χ3n) is 7.99. The number of hydrogen-bond donors (Lipinski definition) is 1. The zero-order chi connectivity index (χ0) is 35.3. The predicted molar refractivity (Wildman–Crippen MR) is 198 cm³/mol. The number of pyridine rings is 1. The number of carbonyl (C=O) groups is 1. The Morgan fingerprint density at radius 1 is 1.25 bits per heavy atom. The molecule has 48 heavy (non-hydrogen) atoms. The van der Waals surface area contributed by atoms with Crippen molar-refractivity contribution < 1.29 is 18.7 Å². The molecule has 0 saturated carbocycles. The fourth-order valence-electron chi connectivity index (χ4n) is 5.94. The highest BCUT2D eigenvalue weighted by Crippen LogP contribution is 2.44. The normalized spacial score (nSPS) is 15.5. The highest BCUT2D eigenvalue weighted by atomic mass is 32.1. The first-order valence-electron chi connectivity index (χ1n) is 16.8. The maximum absolute atomic E-state index is 15.1. The first kappa shape index (κ1) is 37.4. The van der Waals surface area contributed by atoms with Gasteiger partial charge in [0.1, 0.15) is 16.7 Å². The van der Waals surface area contributed by atoms with Crippen LogP contribution >= 0.6 is 20.6 Å². The molecule has 12 heteroatoms. The van der Waals surface area contributed by atoms with Crippen molar-refractivity contribution in [1.29, 1.82) is 5.26 Å². The van der Waals surface area contributed by atoms with Gasteiger partial charge in [0.05, 0.1) is 40.9 Å². The SMILES string of the molecule is CC.CC1CCN(c2ncc3c4c(c(-c5ncc(F)c6sc(NC(=O)OC(C)(C)C)c(C#N)c56)c(P)c3n2)COC4)C1.CCCC(C)C. The summed E-state index contributed by atoms with van der Waals surface area (Å²) < 4.78 is 26.6. The molecule has 4 aromatic rings. The van der Waals surface area contributed by atoms with Gasteiger partial charge in [0.25, 0.3) is 0 Å². The molecular weight excluding hydrogens is 646 g/mol. The minimum Gasteiger partial charge on any atom is -0.444 e. The average molecular weight is 695 g/mol. The second-order valence-corrected chi connectivity index (χ2v) is 15.0. The molecule has 2 unspecified atom stereocenters. The number of carbonyl (C=O) groups excluding carboxylic acids is 1. The third kappa shape index (κ3) is 8.05. The lowest BCUT2D eigenvalue weighted by molar-refractivity contribution is 0.0636. The van der Waals surface area contributed by atoms with Gasteiger partial charge in [-0.3, -0.25) is 10.3 Å². The lowest BCUT2D eigenvalue weighted by Crippen LogP contribution is -2.27. The van der Waals surface area contributed by atoms with Crippen molar-refractivity contribution >= 4 is 63.9 Å². The van der Waals surface area contributed by atoms with Crippen molar-refractivity contribution in [3.63, 3.8) is 0 Å². The van der Waals surface area contributed by atoms with Crippen molar-refractivity contribution in [2.75, 3.05) is 23.3 Å². The van der Waals surface area contributed by atoms with Gasteiger partial charge in [0.15, 0.2) is 5.82 Å². The van der Waals surface area contributed by atoms with Crippen LogP contribution in [-0.2, 0) is 22.7 Å². The van der Waals surface area contributed by atoms with Gasteiger partial charge in [0, 0.05) is 40.9 Å². The minimum absolute atomic E-state index is 0.124. The molecule has 2 aliphatic rings. The van der Waals surface area contributed by atoms with Crippen LogP contribution in [0.15, 0.2) is 12.4 Å². The van der Waals surface area contributed by atoms with Crippen LogP contribution in [0.4, 0.5) is 20.1 Å². The molecule has 3 aromatic heterocycles. The van der Waals surface area contributed by atoms with E-state index in [9.17, 15) is 10.1 Å². The summed E-state index contributed by atoms with van der Waals surface area (Å²) in [7, 11) is 2.78. The Kier molecular flexibility index (Phi) is 12.3. The van der Waals surface area contributed by atoms with E-state index in [2.05, 4.69) is 63.2 Å². The molecule has 0 bridgehead atoms. The van der Waals surface area contributed by atoms with Gasteiger partial charge in [-0.15, -0.1) is 20.6 Å². The number of fused-ring (bicyclic) bond motifs is 4. The molecule has 2 atom stereocenters. The number of nitrogens with zero attached hydrogens (tertiary/aromatic N) is 5. The summed E-state index contributed by atoms with van der Waals surface area (Å²) in [5.41, 5.74) is 3.16. The van der Waals surface area contributed by atoms with E-state index in [1.807, 2.05) is 20.0 Å². The van der Waals surface area contributed by atoms with Crippen LogP contribution in [0, 0.1) is 29.0 Å². The molecule has 1 amide bonds. The van der Waals surface area contributed by atoms with Crippen LogP contribution < -0.4 is 15.5 Å². The van der Waals surface area contributed by atoms with Gasteiger partial charge in [0.2, 0.25) is 5.95 Å². The number of amides is 1. The number of halogens is 1. The van der Waals surface area contributed by atoms with Crippen molar-refractivity contribution in [2.45, 2.75) is 100 Å². The molecule has 5 heterocycles. The van der Waals surface area contributed by atoms with Gasteiger partial charge >= 0.3 is 6.09 Å². The van der Waals surface area contributed by atoms with E-state index in [0.29, 0.717) is 36.2 Å². The topological polar surface area (TPSA) is 113 Å². The molecule has 0 radical (unpaired) electrons. The first-order valence-corrected chi connectivity index (χ1v) is 18.2. The van der Waals surface area contributed by atoms with Crippen LogP contribution in [-0.4, -0.2) is 39.7 Å². The number of anilines is 2. The highest BCUT2D eigenvalue weighted by molar-refractivity contribution is 7.29. The van der Waals surface area contributed by atoms with E-state index in [4.69, 9.17) is 14.5 Å². The van der Waals surface area contributed by atoms with Crippen molar-refractivity contribution in [3.8, 4) is 17.3 Å². The molecular formula is C36H48FN6O3PS. The Balaban J connectivity index is 0.000000588. The first-order chi connectivity index (χ1) is 22.8. The standard InChI is InChI=1S/C28H28FN6O3PS.C6H14.C2H6/c1-13-5-6-35(10-13)26-32-8-15-16-11-37-12-17(16)19(23(39)21(15)33-26)22-20-14(7-30)25(34-27(36)38-28(2,3)4)40-24(20)18(29)9-31-22;1-4-5-6(2)3;1-2/h8-9,13H,5-6,10-12,39H2,1-4H3,(H,34,36);6H,4-5H2,1-3H3;1-2H3. The van der Waals surface area contributed by atoms with E-state index in [1.54, 1.807) is 20.8 Å². The number of rotatable bonds is 5. The fraction of sp³-hybridized carbons (Fsp3) is 0.528. The largest absolute Gasteiger partial charge is 0.444 e. The lowest BCUT2D eigenvalue weighted by Gasteiger charge is -2.19. The average Bonchev–Trinajstić information content (AvgIpc) is 3.77. The zero-order valence-corrected chi connectivity index (χ0v) is 31.6. The zero-order valence-electron chi connectivity index (χ0n) is 29.6. The quantitative estimate of drug-likeness (QED) is 0.206. The monoisotopic (exact) mass is 694 g/mol. The Morgan fingerprint density at radius 3 is 2.54 bits per heavy atom. The number of ether oxygens (including phenoxy) is 2. The Morgan fingerprint density at radius 2 is 1.96 bits per heavy atom. The summed E-state index contributed by atoms with van der Waals surface area (Å²) >= 11 is 0.981. The van der Waals surface area contributed by atoms with Crippen LogP contribution in [0.1, 0.15) is 98.3 Å². The maximum atomic E-state index is 15.1. The smallest absolute Gasteiger partial charge is 0.412 e. The summed E-state index contributed by atoms with van der Waals surface area (Å²) in [5, 5.41) is 15.0. The van der Waals surface area contributed by atoms with Crippen molar-refractivity contribution in [2.24, 2.45) is 11.8 Å². The van der Waals surface area contributed by atoms with E-state index in [1.165, 1.54) is 12.8 Å². The van der Waals surface area contributed by atoms with Crippen LogP contribution in [0.5, 0.6) is 0 Å². The molecule has 6 rings (SSSR count). The van der Waals surface area contributed by atoms with E-state index in [-0.39, 0.29) is 15.3 Å². The Labute approximate surface area is 289 Å². The summed E-state index contributed by atoms with van der Waals surface area (Å²) in [4.78, 5) is 28.9. The number of benzene rings is 1. The minimum atomic E-state index is -0.737. The molecule has 1 N–H and O–H groups in total. The van der Waals surface area contributed by atoms with Crippen molar-refractivity contribution in [3.05, 3.63) is 34.9 Å². The Hall–Kier alpha value is -3.45. The molecule has 0 aliphatic carbocycles. The number of thiophene rings is 1. The molecule has 1 saturated heterocycles. The van der Waals surface area contributed by atoms with E-state index < -0.39 is 17.5 Å². The van der Waals surface area contributed by atoms with E-state index >= 15 is 4.39 Å². The molecule has 258 valence electrons. The van der Waals surface area contributed by atoms with Crippen LogP contribution in [0.25, 0.3) is 32.2 Å². The summed E-state index contributed by atoms with van der Waals surface area (Å²) in [6, 6.07) is 2.16. The maximum Gasteiger partial charge on any atom is 0.412 e. The Bertz CT molecular complexity index is 1830. The number of aromatic nitrogens is 3. The van der Waals surface area contributed by atoms with Gasteiger partial charge in [-0.05, 0) is 50.2 Å². The fourth-order valence-corrected chi connectivity index (χ4v) is 7.51. The van der Waals surface area contributed by atoms with E-state index in [0.717, 1.165) is 75.9 Å². The van der Waals surface area contributed by atoms with Gasteiger partial charge in [-0.1, -0.05) is 54.4 Å². The lowest BCUT2D eigenvalue weighted by atomic mass is 9.94. The molecule has 9 nitrogen and oxygen atoms in total. The van der Waals surface area contributed by atoms with Crippen LogP contribution in [0.2, 0.25) is 0 Å². The van der Waals surface area contributed by atoms with Crippen LogP contribution in [0.3, 0.4) is 0 Å². The second-order valence-electron chi connectivity index (χ2n) is 13.4. The molecule has 2 aliphatic heterocycles. The van der Waals surface area contributed by atoms with Gasteiger partial charge < -0.3 is 14.4 Å². The van der Waals surface area contributed by atoms with Crippen molar-refractivity contribution in [1.82, 2.24) is 15.0 Å². The number of hydrogen-bond acceptors (Lipinski definition) is 9. The highest BCUT2D eigenvalue weighted by Gasteiger charge is 2.30.